The molecule has 32 heavy (non-hydrogen) atoms. The van der Waals surface area contributed by atoms with Crippen LogP contribution in [0.3, 0.4) is 0 Å². The second-order valence-electron chi connectivity index (χ2n) is 6.86. The van der Waals surface area contributed by atoms with E-state index in [0.29, 0.717) is 17.9 Å². The van der Waals surface area contributed by atoms with Gasteiger partial charge in [-0.3, -0.25) is 4.79 Å². The van der Waals surface area contributed by atoms with Crippen LogP contribution in [0, 0.1) is 6.92 Å². The Hall–Kier alpha value is -3.02. The van der Waals surface area contributed by atoms with Crippen molar-refractivity contribution in [3.63, 3.8) is 0 Å². The molecule has 0 heterocycles. The number of aliphatic hydroxyl groups excluding tert-OH is 1. The third kappa shape index (κ3) is 8.61. The number of aryl methyl sites for hydroxylation is 2. The van der Waals surface area contributed by atoms with Crippen LogP contribution in [0.15, 0.2) is 77.6 Å². The van der Waals surface area contributed by atoms with Crippen molar-refractivity contribution in [1.29, 1.82) is 0 Å². The van der Waals surface area contributed by atoms with Crippen molar-refractivity contribution in [3.05, 3.63) is 94.3 Å². The molecule has 0 unspecified atom stereocenters. The molecular weight excluding hydrogens is 429 g/mol. The number of benzene rings is 2. The molecular formula is C26H29ClFNO3. The van der Waals surface area contributed by atoms with Crippen molar-refractivity contribution >= 4 is 35.6 Å². The highest BCUT2D eigenvalue weighted by Gasteiger charge is 2.09. The molecule has 0 atom stereocenters. The molecule has 1 amide bonds. The zero-order valence-corrected chi connectivity index (χ0v) is 19.2. The monoisotopic (exact) mass is 457 g/mol. The predicted molar refractivity (Wildman–Crippen MR) is 130 cm³/mol. The predicted octanol–water partition coefficient (Wildman–Crippen LogP) is 6.14. The van der Waals surface area contributed by atoms with E-state index in [1.165, 1.54) is 12.2 Å². The molecule has 4 nitrogen and oxygen atoms in total. The quantitative estimate of drug-likeness (QED) is 0.547. The number of carbonyl (C=O) groups excluding carboxylic acids is 2. The Morgan fingerprint density at radius 2 is 1.75 bits per heavy atom. The summed E-state index contributed by atoms with van der Waals surface area (Å²) in [5.41, 5.74) is 4.89. The number of rotatable bonds is 6. The number of anilines is 1. The fourth-order valence-corrected chi connectivity index (χ4v) is 3.35. The average Bonchev–Trinajstić information content (AvgIpc) is 2.99. The van der Waals surface area contributed by atoms with Crippen molar-refractivity contribution in [1.82, 2.24) is 0 Å². The van der Waals surface area contributed by atoms with Gasteiger partial charge in [0.2, 0.25) is 5.91 Å². The average molecular weight is 458 g/mol. The first-order valence-corrected chi connectivity index (χ1v) is 10.5. The van der Waals surface area contributed by atoms with Gasteiger partial charge >= 0.3 is 0 Å². The van der Waals surface area contributed by atoms with Gasteiger partial charge in [-0.15, -0.1) is 0 Å². The van der Waals surface area contributed by atoms with Crippen LogP contribution in [0.2, 0.25) is 0 Å². The Bertz CT molecular complexity index is 965. The Labute approximate surface area is 194 Å². The summed E-state index contributed by atoms with van der Waals surface area (Å²) in [5.74, 6) is -0.241. The summed E-state index contributed by atoms with van der Waals surface area (Å²) in [5, 5.41) is 10.6. The summed E-state index contributed by atoms with van der Waals surface area (Å²) >= 11 is 6.30. The maximum Gasteiger partial charge on any atom is 0.224 e. The van der Waals surface area contributed by atoms with Gasteiger partial charge in [-0.05, 0) is 60.2 Å². The number of hydrogen-bond donors (Lipinski definition) is 2. The van der Waals surface area contributed by atoms with Crippen LogP contribution in [0.1, 0.15) is 36.0 Å². The molecule has 2 aromatic rings. The van der Waals surface area contributed by atoms with Gasteiger partial charge < -0.3 is 15.2 Å². The number of allylic oxidation sites excluding steroid dienone is 6. The van der Waals surface area contributed by atoms with Gasteiger partial charge in [-0.25, -0.2) is 4.39 Å². The van der Waals surface area contributed by atoms with Gasteiger partial charge in [0.1, 0.15) is 12.6 Å². The van der Waals surface area contributed by atoms with Crippen LogP contribution in [0.25, 0.3) is 5.57 Å². The number of hydrogen-bond acceptors (Lipinski definition) is 3. The molecule has 2 N–H and O–H groups in total. The number of nitrogens with one attached hydrogen (secondary N) is 1. The first-order chi connectivity index (χ1) is 15.5. The van der Waals surface area contributed by atoms with Crippen molar-refractivity contribution in [3.8, 4) is 0 Å². The molecule has 3 rings (SSSR count). The molecule has 0 saturated heterocycles. The topological polar surface area (TPSA) is 66.4 Å². The van der Waals surface area contributed by atoms with Gasteiger partial charge in [0.25, 0.3) is 0 Å². The van der Waals surface area contributed by atoms with Crippen molar-refractivity contribution in [2.75, 3.05) is 12.4 Å². The number of para-hydroxylation sites is 1. The van der Waals surface area contributed by atoms with Gasteiger partial charge in [0.15, 0.2) is 0 Å². The van der Waals surface area contributed by atoms with Gasteiger partial charge in [-0.2, -0.15) is 0 Å². The van der Waals surface area contributed by atoms with Gasteiger partial charge in [0.05, 0.1) is 0 Å². The normalized spacial score (nSPS) is 12.5. The lowest BCUT2D eigenvalue weighted by Gasteiger charge is -2.09. The Kier molecular flexibility index (Phi) is 12.6. The van der Waals surface area contributed by atoms with E-state index in [1.807, 2.05) is 62.2 Å². The van der Waals surface area contributed by atoms with Crippen molar-refractivity contribution < 1.29 is 19.1 Å². The summed E-state index contributed by atoms with van der Waals surface area (Å²) in [7, 11) is 1.00. The molecule has 1 aliphatic rings. The van der Waals surface area contributed by atoms with E-state index in [-0.39, 0.29) is 11.7 Å². The first-order valence-electron chi connectivity index (χ1n) is 10.1. The van der Waals surface area contributed by atoms with Crippen molar-refractivity contribution in [2.45, 2.75) is 32.6 Å². The fourth-order valence-electron chi connectivity index (χ4n) is 3.10. The summed E-state index contributed by atoms with van der Waals surface area (Å²) in [6.45, 7) is 3.98. The van der Waals surface area contributed by atoms with Crippen LogP contribution < -0.4 is 5.32 Å². The highest BCUT2D eigenvalue weighted by Crippen LogP contribution is 2.29. The van der Waals surface area contributed by atoms with Crippen LogP contribution >= 0.6 is 11.6 Å². The number of amides is 1. The Morgan fingerprint density at radius 3 is 2.41 bits per heavy atom. The van der Waals surface area contributed by atoms with Crippen LogP contribution in [-0.2, 0) is 16.0 Å². The molecule has 0 radical (unpaired) electrons. The van der Waals surface area contributed by atoms with E-state index >= 15 is 0 Å². The smallest absolute Gasteiger partial charge is 0.224 e. The van der Waals surface area contributed by atoms with Crippen LogP contribution in [-0.4, -0.2) is 24.9 Å². The standard InChI is InChI=1S/C24H23ClFNO.CH4O.CH2O/c1-17-5-2-3-7-23(17)27-24(28)8-4-6-18-9-11-19(12-10-18)21-15-13-20(26)14-16-22(21)25;2*1-2/h2-3,5,7,9-15H,4,6,8,16H2,1H3,(H,27,28);2H,1H3;1H2. The molecule has 1 aliphatic carbocycles. The van der Waals surface area contributed by atoms with E-state index in [4.69, 9.17) is 21.5 Å². The van der Waals surface area contributed by atoms with E-state index in [9.17, 15) is 9.18 Å². The molecule has 0 aromatic heterocycles. The lowest BCUT2D eigenvalue weighted by Crippen LogP contribution is -2.12. The Balaban J connectivity index is 0.00000121. The number of aliphatic hydroxyl groups is 1. The fraction of sp³-hybridized carbons (Fsp3) is 0.231. The van der Waals surface area contributed by atoms with E-state index in [0.717, 1.165) is 47.9 Å². The highest BCUT2D eigenvalue weighted by atomic mass is 35.5. The molecule has 2 aromatic carbocycles. The lowest BCUT2D eigenvalue weighted by molar-refractivity contribution is -0.116. The summed E-state index contributed by atoms with van der Waals surface area (Å²) in [6, 6.07) is 15.8. The maximum absolute atomic E-state index is 13.4. The van der Waals surface area contributed by atoms with Crippen molar-refractivity contribution in [2.24, 2.45) is 0 Å². The second kappa shape index (κ2) is 14.9. The van der Waals surface area contributed by atoms with E-state index in [1.54, 1.807) is 6.08 Å². The summed E-state index contributed by atoms with van der Waals surface area (Å²) < 4.78 is 13.4. The number of carbonyl (C=O) groups is 2. The molecule has 0 spiro atoms. The largest absolute Gasteiger partial charge is 0.400 e. The summed E-state index contributed by atoms with van der Waals surface area (Å²) in [4.78, 5) is 20.1. The maximum atomic E-state index is 13.4. The third-order valence-corrected chi connectivity index (χ3v) is 5.09. The third-order valence-electron chi connectivity index (χ3n) is 4.73. The van der Waals surface area contributed by atoms with Gasteiger partial charge in [-0.1, -0.05) is 60.1 Å². The van der Waals surface area contributed by atoms with E-state index < -0.39 is 0 Å². The zero-order chi connectivity index (χ0) is 23.9. The molecule has 6 heteroatoms. The molecule has 0 saturated carbocycles. The minimum atomic E-state index is -0.270. The molecule has 0 aliphatic heterocycles. The SMILES string of the molecule is C=O.CO.Cc1ccccc1NC(=O)CCCc1ccc(C2=C(Cl)CC=C(F)C=C2)cc1. The summed E-state index contributed by atoms with van der Waals surface area (Å²) in [6.07, 6.45) is 7.09. The van der Waals surface area contributed by atoms with Crippen LogP contribution in [0.4, 0.5) is 10.1 Å². The number of halogens is 2. The van der Waals surface area contributed by atoms with E-state index in [2.05, 4.69) is 5.32 Å². The van der Waals surface area contributed by atoms with Crippen LogP contribution in [0.5, 0.6) is 0 Å². The molecule has 0 fully saturated rings. The lowest BCUT2D eigenvalue weighted by atomic mass is 10.0. The van der Waals surface area contributed by atoms with Gasteiger partial charge in [0, 0.05) is 30.7 Å². The minimum absolute atomic E-state index is 0.0287. The minimum Gasteiger partial charge on any atom is -0.400 e. The highest BCUT2D eigenvalue weighted by molar-refractivity contribution is 6.33. The Morgan fingerprint density at radius 1 is 1.09 bits per heavy atom. The second-order valence-corrected chi connectivity index (χ2v) is 7.31. The molecule has 0 bridgehead atoms. The first kappa shape index (κ1) is 27.0. The zero-order valence-electron chi connectivity index (χ0n) is 18.4. The molecule has 170 valence electrons.